The molecule has 0 bridgehead atoms. The molecule has 1 N–H and O–H groups in total. The van der Waals surface area contributed by atoms with Crippen LogP contribution in [0.3, 0.4) is 0 Å². The first-order chi connectivity index (χ1) is 8.96. The second-order valence-electron chi connectivity index (χ2n) is 4.90. The van der Waals surface area contributed by atoms with Crippen molar-refractivity contribution in [2.24, 2.45) is 0 Å². The predicted octanol–water partition coefficient (Wildman–Crippen LogP) is 3.35. The molecule has 1 aromatic rings. The number of thiophene rings is 1. The van der Waals surface area contributed by atoms with Crippen LogP contribution in [0.5, 0.6) is 0 Å². The highest BCUT2D eigenvalue weighted by molar-refractivity contribution is 7.12. The SMILES string of the molecule is Cc1ccc([C@@H](CCC(F)(F)F)N2CCNCC2)s1. The molecule has 1 aliphatic heterocycles. The zero-order chi connectivity index (χ0) is 13.9. The van der Waals surface area contributed by atoms with Gasteiger partial charge in [-0.2, -0.15) is 13.2 Å². The first-order valence-corrected chi connectivity index (χ1v) is 7.35. The lowest BCUT2D eigenvalue weighted by Gasteiger charge is -2.34. The zero-order valence-electron chi connectivity index (χ0n) is 11.0. The summed E-state index contributed by atoms with van der Waals surface area (Å²) in [7, 11) is 0. The third kappa shape index (κ3) is 4.47. The van der Waals surface area contributed by atoms with Crippen molar-refractivity contribution in [2.45, 2.75) is 32.0 Å². The highest BCUT2D eigenvalue weighted by Gasteiger charge is 2.31. The lowest BCUT2D eigenvalue weighted by Crippen LogP contribution is -2.45. The Labute approximate surface area is 115 Å². The molecule has 0 spiro atoms. The monoisotopic (exact) mass is 292 g/mol. The molecule has 0 aromatic carbocycles. The molecule has 0 radical (unpaired) electrons. The maximum atomic E-state index is 12.5. The summed E-state index contributed by atoms with van der Waals surface area (Å²) in [4.78, 5) is 4.39. The van der Waals surface area contributed by atoms with E-state index in [1.165, 1.54) is 0 Å². The normalized spacial score (nSPS) is 19.6. The molecule has 2 heterocycles. The van der Waals surface area contributed by atoms with E-state index in [1.54, 1.807) is 11.3 Å². The molecular weight excluding hydrogens is 273 g/mol. The van der Waals surface area contributed by atoms with Crippen molar-refractivity contribution >= 4 is 11.3 Å². The largest absolute Gasteiger partial charge is 0.389 e. The minimum atomic E-state index is -4.07. The smallest absolute Gasteiger partial charge is 0.314 e. The third-order valence-corrected chi connectivity index (χ3v) is 4.49. The lowest BCUT2D eigenvalue weighted by atomic mass is 10.1. The number of aryl methyl sites for hydroxylation is 1. The molecule has 0 saturated carbocycles. The molecule has 1 atom stereocenters. The number of alkyl halides is 3. The molecular formula is C13H19F3N2S. The molecule has 1 aromatic heterocycles. The molecule has 2 nitrogen and oxygen atoms in total. The van der Waals surface area contributed by atoms with Gasteiger partial charge < -0.3 is 5.32 Å². The predicted molar refractivity (Wildman–Crippen MR) is 71.5 cm³/mol. The van der Waals surface area contributed by atoms with E-state index < -0.39 is 12.6 Å². The Morgan fingerprint density at radius 3 is 2.53 bits per heavy atom. The fourth-order valence-corrected chi connectivity index (χ4v) is 3.48. The van der Waals surface area contributed by atoms with E-state index in [9.17, 15) is 13.2 Å². The first-order valence-electron chi connectivity index (χ1n) is 6.53. The molecule has 19 heavy (non-hydrogen) atoms. The van der Waals surface area contributed by atoms with Gasteiger partial charge in [-0.25, -0.2) is 0 Å². The van der Waals surface area contributed by atoms with Crippen molar-refractivity contribution in [3.8, 4) is 0 Å². The molecule has 2 rings (SSSR count). The van der Waals surface area contributed by atoms with Gasteiger partial charge in [0.15, 0.2) is 0 Å². The maximum Gasteiger partial charge on any atom is 0.389 e. The van der Waals surface area contributed by atoms with Gasteiger partial charge in [-0.1, -0.05) is 0 Å². The third-order valence-electron chi connectivity index (χ3n) is 3.38. The van der Waals surface area contributed by atoms with Gasteiger partial charge in [-0.3, -0.25) is 4.90 Å². The van der Waals surface area contributed by atoms with Crippen LogP contribution in [0.15, 0.2) is 12.1 Å². The highest BCUT2D eigenvalue weighted by Crippen LogP contribution is 2.34. The average Bonchev–Trinajstić information content (AvgIpc) is 2.76. The van der Waals surface area contributed by atoms with E-state index >= 15 is 0 Å². The Morgan fingerprint density at radius 2 is 2.00 bits per heavy atom. The second kappa shape index (κ2) is 6.24. The summed E-state index contributed by atoms with van der Waals surface area (Å²) < 4.78 is 37.4. The summed E-state index contributed by atoms with van der Waals surface area (Å²) in [5, 5.41) is 3.24. The second-order valence-corrected chi connectivity index (χ2v) is 6.22. The van der Waals surface area contributed by atoms with Gasteiger partial charge in [-0.05, 0) is 25.5 Å². The Bertz CT molecular complexity index is 397. The lowest BCUT2D eigenvalue weighted by molar-refractivity contribution is -0.138. The molecule has 6 heteroatoms. The fourth-order valence-electron chi connectivity index (χ4n) is 2.43. The van der Waals surface area contributed by atoms with Crippen LogP contribution in [0.1, 0.15) is 28.6 Å². The van der Waals surface area contributed by atoms with Gasteiger partial charge in [0.2, 0.25) is 0 Å². The Balaban J connectivity index is 2.08. The number of nitrogens with one attached hydrogen (secondary N) is 1. The van der Waals surface area contributed by atoms with E-state index in [1.807, 2.05) is 19.1 Å². The van der Waals surface area contributed by atoms with Gasteiger partial charge in [0.25, 0.3) is 0 Å². The zero-order valence-corrected chi connectivity index (χ0v) is 11.8. The molecule has 1 aliphatic rings. The van der Waals surface area contributed by atoms with Gasteiger partial charge in [0.05, 0.1) is 0 Å². The summed E-state index contributed by atoms with van der Waals surface area (Å²) in [6.07, 6.45) is -4.62. The first kappa shape index (κ1) is 14.8. The van der Waals surface area contributed by atoms with Crippen molar-refractivity contribution < 1.29 is 13.2 Å². The molecule has 1 saturated heterocycles. The van der Waals surface area contributed by atoms with Crippen LogP contribution in [0, 0.1) is 6.92 Å². The Kier molecular flexibility index (Phi) is 4.86. The van der Waals surface area contributed by atoms with Crippen LogP contribution in [0.25, 0.3) is 0 Å². The van der Waals surface area contributed by atoms with Crippen molar-refractivity contribution in [1.82, 2.24) is 10.2 Å². The summed E-state index contributed by atoms with van der Waals surface area (Å²) >= 11 is 1.61. The molecule has 1 fully saturated rings. The summed E-state index contributed by atoms with van der Waals surface area (Å²) in [6, 6.07) is 3.87. The standard InChI is InChI=1S/C13H19F3N2S/c1-10-2-3-12(19-10)11(4-5-13(14,15)16)18-8-6-17-7-9-18/h2-3,11,17H,4-9H2,1H3/t11-/m1/s1. The average molecular weight is 292 g/mol. The number of hydrogen-bond donors (Lipinski definition) is 1. The minimum absolute atomic E-state index is 0.0950. The van der Waals surface area contributed by atoms with Crippen molar-refractivity contribution in [3.05, 3.63) is 21.9 Å². The molecule has 0 amide bonds. The number of nitrogens with zero attached hydrogens (tertiary/aromatic N) is 1. The summed E-state index contributed by atoms with van der Waals surface area (Å²) in [5.74, 6) is 0. The summed E-state index contributed by atoms with van der Waals surface area (Å²) in [5.41, 5.74) is 0. The van der Waals surface area contributed by atoms with E-state index in [0.717, 1.165) is 35.9 Å². The Morgan fingerprint density at radius 1 is 1.32 bits per heavy atom. The maximum absolute atomic E-state index is 12.5. The molecule has 0 aliphatic carbocycles. The van der Waals surface area contributed by atoms with Crippen LogP contribution in [0.4, 0.5) is 13.2 Å². The van der Waals surface area contributed by atoms with Gasteiger partial charge >= 0.3 is 6.18 Å². The fraction of sp³-hybridized carbons (Fsp3) is 0.692. The van der Waals surface area contributed by atoms with Crippen LogP contribution in [0.2, 0.25) is 0 Å². The van der Waals surface area contributed by atoms with Crippen molar-refractivity contribution in [2.75, 3.05) is 26.2 Å². The number of halogens is 3. The van der Waals surface area contributed by atoms with Crippen LogP contribution in [-0.2, 0) is 0 Å². The van der Waals surface area contributed by atoms with E-state index in [-0.39, 0.29) is 12.5 Å². The highest BCUT2D eigenvalue weighted by atomic mass is 32.1. The minimum Gasteiger partial charge on any atom is -0.314 e. The topological polar surface area (TPSA) is 15.3 Å². The van der Waals surface area contributed by atoms with Crippen LogP contribution in [-0.4, -0.2) is 37.3 Å². The van der Waals surface area contributed by atoms with Gasteiger partial charge in [0.1, 0.15) is 0 Å². The van der Waals surface area contributed by atoms with E-state index in [4.69, 9.17) is 0 Å². The quantitative estimate of drug-likeness (QED) is 0.915. The molecule has 108 valence electrons. The number of rotatable bonds is 4. The van der Waals surface area contributed by atoms with Gasteiger partial charge in [-0.15, -0.1) is 11.3 Å². The number of hydrogen-bond acceptors (Lipinski definition) is 3. The van der Waals surface area contributed by atoms with E-state index in [0.29, 0.717) is 0 Å². The molecule has 0 unspecified atom stereocenters. The van der Waals surface area contributed by atoms with Crippen molar-refractivity contribution in [1.29, 1.82) is 0 Å². The van der Waals surface area contributed by atoms with Gasteiger partial charge in [0, 0.05) is 48.4 Å². The van der Waals surface area contributed by atoms with Crippen LogP contribution >= 0.6 is 11.3 Å². The summed E-state index contributed by atoms with van der Waals surface area (Å²) in [6.45, 7) is 5.34. The van der Waals surface area contributed by atoms with Crippen LogP contribution < -0.4 is 5.32 Å². The van der Waals surface area contributed by atoms with Crippen molar-refractivity contribution in [3.63, 3.8) is 0 Å². The number of piperazine rings is 1. The Hall–Kier alpha value is -0.590. The van der Waals surface area contributed by atoms with E-state index in [2.05, 4.69) is 10.2 Å².